The molecule has 148 valence electrons. The van der Waals surface area contributed by atoms with Gasteiger partial charge >= 0.3 is 0 Å². The Labute approximate surface area is 158 Å². The molecule has 2 aliphatic heterocycles. The van der Waals surface area contributed by atoms with Crippen molar-refractivity contribution >= 4 is 28.5 Å². The van der Waals surface area contributed by atoms with Crippen LogP contribution in [0.2, 0.25) is 0 Å². The molecule has 0 aromatic rings. The highest BCUT2D eigenvalue weighted by molar-refractivity contribution is 7.86. The highest BCUT2D eigenvalue weighted by atomic mass is 35.5. The molecule has 2 aliphatic rings. The molecule has 7 nitrogen and oxygen atoms in total. The number of nitrogens with one attached hydrogen (secondary N) is 2. The number of rotatable bonds is 8. The summed E-state index contributed by atoms with van der Waals surface area (Å²) in [6.45, 7) is 5.15. The first kappa shape index (κ1) is 22.6. The van der Waals surface area contributed by atoms with Gasteiger partial charge in [-0.2, -0.15) is 17.0 Å². The van der Waals surface area contributed by atoms with Gasteiger partial charge < -0.3 is 10.6 Å². The molecule has 1 amide bonds. The molecule has 0 saturated carbocycles. The van der Waals surface area contributed by atoms with E-state index in [1.54, 1.807) is 11.4 Å². The van der Waals surface area contributed by atoms with Crippen LogP contribution in [-0.4, -0.2) is 68.7 Å². The molecule has 2 N–H and O–H groups in total. The van der Waals surface area contributed by atoms with Gasteiger partial charge in [0.25, 0.3) is 10.2 Å². The van der Waals surface area contributed by atoms with Crippen molar-refractivity contribution in [2.24, 2.45) is 5.92 Å². The average molecular weight is 397 g/mol. The summed E-state index contributed by atoms with van der Waals surface area (Å²) < 4.78 is 28.3. The smallest absolute Gasteiger partial charge is 0.281 e. The summed E-state index contributed by atoms with van der Waals surface area (Å²) in [6.07, 6.45) is 5.59. The monoisotopic (exact) mass is 396 g/mol. The maximum Gasteiger partial charge on any atom is 0.281 e. The molecule has 25 heavy (non-hydrogen) atoms. The Balaban J connectivity index is 0.00000312. The van der Waals surface area contributed by atoms with E-state index in [0.717, 1.165) is 45.1 Å². The van der Waals surface area contributed by atoms with E-state index in [0.29, 0.717) is 26.2 Å². The number of halogens is 1. The predicted octanol–water partition coefficient (Wildman–Crippen LogP) is 0.965. The quantitative estimate of drug-likeness (QED) is 0.640. The summed E-state index contributed by atoms with van der Waals surface area (Å²) in [7, 11) is -1.72. The third-order valence-electron chi connectivity index (χ3n) is 4.97. The second kappa shape index (κ2) is 10.7. The second-order valence-corrected chi connectivity index (χ2v) is 8.98. The lowest BCUT2D eigenvalue weighted by Gasteiger charge is -2.34. The van der Waals surface area contributed by atoms with Crippen molar-refractivity contribution < 1.29 is 13.2 Å². The Kier molecular flexibility index (Phi) is 9.66. The fraction of sp³-hybridized carbons (Fsp3) is 0.938. The summed E-state index contributed by atoms with van der Waals surface area (Å²) in [4.78, 5) is 12.1. The maximum absolute atomic E-state index is 12.6. The Morgan fingerprint density at radius 1 is 1.32 bits per heavy atom. The average Bonchev–Trinajstić information content (AvgIpc) is 3.12. The van der Waals surface area contributed by atoms with Gasteiger partial charge in [-0.15, -0.1) is 12.4 Å². The summed E-state index contributed by atoms with van der Waals surface area (Å²) in [5.74, 6) is 0.242. The molecule has 0 aliphatic carbocycles. The molecular weight excluding hydrogens is 364 g/mol. The minimum Gasteiger partial charge on any atom is -0.354 e. The minimum atomic E-state index is -3.38. The van der Waals surface area contributed by atoms with Crippen molar-refractivity contribution in [1.82, 2.24) is 19.2 Å². The van der Waals surface area contributed by atoms with Crippen LogP contribution < -0.4 is 10.6 Å². The van der Waals surface area contributed by atoms with E-state index in [1.807, 2.05) is 0 Å². The van der Waals surface area contributed by atoms with E-state index in [-0.39, 0.29) is 30.3 Å². The van der Waals surface area contributed by atoms with E-state index >= 15 is 0 Å². The van der Waals surface area contributed by atoms with Crippen molar-refractivity contribution in [2.75, 3.05) is 39.8 Å². The first-order valence-corrected chi connectivity index (χ1v) is 10.6. The number of carbonyl (C=O) groups is 1. The molecule has 0 bridgehead atoms. The van der Waals surface area contributed by atoms with E-state index in [4.69, 9.17) is 0 Å². The van der Waals surface area contributed by atoms with Crippen LogP contribution in [0.5, 0.6) is 0 Å². The lowest BCUT2D eigenvalue weighted by molar-refractivity contribution is -0.123. The molecule has 2 rings (SSSR count). The van der Waals surface area contributed by atoms with Crippen molar-refractivity contribution in [3.8, 4) is 0 Å². The summed E-state index contributed by atoms with van der Waals surface area (Å²) in [5, 5.41) is 6.18. The molecule has 2 fully saturated rings. The Morgan fingerprint density at radius 3 is 2.72 bits per heavy atom. The minimum absolute atomic E-state index is 0. The second-order valence-electron chi connectivity index (χ2n) is 6.94. The highest BCUT2D eigenvalue weighted by Gasteiger charge is 2.32. The summed E-state index contributed by atoms with van der Waals surface area (Å²) in [6, 6.07) is -0.0754. The summed E-state index contributed by atoms with van der Waals surface area (Å²) >= 11 is 0. The van der Waals surface area contributed by atoms with Gasteiger partial charge in [0.15, 0.2) is 0 Å². The molecule has 0 spiro atoms. The zero-order chi connectivity index (χ0) is 17.6. The van der Waals surface area contributed by atoms with Crippen molar-refractivity contribution in [1.29, 1.82) is 0 Å². The summed E-state index contributed by atoms with van der Waals surface area (Å²) in [5.41, 5.74) is 0. The molecule has 9 heteroatoms. The number of amides is 1. The molecular formula is C16H33ClN4O3S. The van der Waals surface area contributed by atoms with E-state index < -0.39 is 10.2 Å². The Hall–Kier alpha value is -0.410. The molecule has 2 heterocycles. The standard InChI is InChI=1S/C16H32N4O3S.ClH/c1-3-4-10-19(2)24(22,23)20-11-6-7-14(13-20)12-18-16(21)15-8-5-9-17-15;/h14-15,17H,3-13H2,1-2H3,(H,18,21);1H. The number of unbranched alkanes of at least 4 members (excludes halogenated alkanes) is 1. The van der Waals surface area contributed by atoms with E-state index in [2.05, 4.69) is 17.6 Å². The molecule has 0 aromatic heterocycles. The number of carbonyl (C=O) groups excluding carboxylic acids is 1. The van der Waals surface area contributed by atoms with Gasteiger partial charge in [-0.3, -0.25) is 4.79 Å². The van der Waals surface area contributed by atoms with Crippen LogP contribution >= 0.6 is 12.4 Å². The van der Waals surface area contributed by atoms with Gasteiger partial charge in [-0.25, -0.2) is 0 Å². The molecule has 2 saturated heterocycles. The van der Waals surface area contributed by atoms with Gasteiger partial charge in [-0.05, 0) is 44.6 Å². The first-order chi connectivity index (χ1) is 11.4. The number of hydrogen-bond donors (Lipinski definition) is 2. The molecule has 2 unspecified atom stereocenters. The van der Waals surface area contributed by atoms with Gasteiger partial charge in [0.05, 0.1) is 6.04 Å². The van der Waals surface area contributed by atoms with Crippen LogP contribution in [0.15, 0.2) is 0 Å². The van der Waals surface area contributed by atoms with Gasteiger partial charge in [0.1, 0.15) is 0 Å². The Bertz CT molecular complexity index is 512. The van der Waals surface area contributed by atoms with Crippen molar-refractivity contribution in [3.05, 3.63) is 0 Å². The first-order valence-electron chi connectivity index (χ1n) is 9.17. The highest BCUT2D eigenvalue weighted by Crippen LogP contribution is 2.20. The number of nitrogens with zero attached hydrogens (tertiary/aromatic N) is 2. The van der Waals surface area contributed by atoms with Crippen LogP contribution in [0.4, 0.5) is 0 Å². The molecule has 0 aromatic carbocycles. The largest absolute Gasteiger partial charge is 0.354 e. The van der Waals surface area contributed by atoms with Crippen LogP contribution in [-0.2, 0) is 15.0 Å². The number of hydrogen-bond acceptors (Lipinski definition) is 4. The predicted molar refractivity (Wildman–Crippen MR) is 102 cm³/mol. The SMILES string of the molecule is CCCCN(C)S(=O)(=O)N1CCCC(CNC(=O)C2CCCN2)C1.Cl. The number of piperidine rings is 1. The lowest BCUT2D eigenvalue weighted by atomic mass is 9.99. The third kappa shape index (κ3) is 6.36. The molecule has 0 radical (unpaired) electrons. The Morgan fingerprint density at radius 2 is 2.08 bits per heavy atom. The third-order valence-corrected chi connectivity index (χ3v) is 6.92. The van der Waals surface area contributed by atoms with Crippen LogP contribution in [0.3, 0.4) is 0 Å². The van der Waals surface area contributed by atoms with Gasteiger partial charge in [-0.1, -0.05) is 13.3 Å². The van der Waals surface area contributed by atoms with Crippen LogP contribution in [0, 0.1) is 5.92 Å². The maximum atomic E-state index is 12.6. The van der Waals surface area contributed by atoms with Crippen LogP contribution in [0.25, 0.3) is 0 Å². The topological polar surface area (TPSA) is 81.8 Å². The normalized spacial score (nSPS) is 24.9. The van der Waals surface area contributed by atoms with Gasteiger partial charge in [0, 0.05) is 33.2 Å². The van der Waals surface area contributed by atoms with E-state index in [9.17, 15) is 13.2 Å². The zero-order valence-electron chi connectivity index (χ0n) is 15.4. The fourth-order valence-electron chi connectivity index (χ4n) is 3.37. The van der Waals surface area contributed by atoms with Crippen molar-refractivity contribution in [2.45, 2.75) is 51.5 Å². The molecule has 2 atom stereocenters. The van der Waals surface area contributed by atoms with E-state index in [1.165, 1.54) is 4.31 Å². The van der Waals surface area contributed by atoms with Crippen molar-refractivity contribution in [3.63, 3.8) is 0 Å². The van der Waals surface area contributed by atoms with Crippen LogP contribution in [0.1, 0.15) is 45.4 Å². The zero-order valence-corrected chi connectivity index (χ0v) is 17.0. The fourth-order valence-corrected chi connectivity index (χ4v) is 4.89. The van der Waals surface area contributed by atoms with Gasteiger partial charge in [0.2, 0.25) is 5.91 Å². The lowest BCUT2D eigenvalue weighted by Crippen LogP contribution is -2.49.